The summed E-state index contributed by atoms with van der Waals surface area (Å²) in [5, 5.41) is 11.5. The molecule has 1 aromatic rings. The van der Waals surface area contributed by atoms with Crippen LogP contribution in [0.1, 0.15) is 18.1 Å². The van der Waals surface area contributed by atoms with Gasteiger partial charge in [0.15, 0.2) is 0 Å². The molecule has 2 N–H and O–H groups in total. The van der Waals surface area contributed by atoms with E-state index in [0.29, 0.717) is 18.1 Å². The summed E-state index contributed by atoms with van der Waals surface area (Å²) in [6.45, 7) is 2.00. The average molecular weight is 374 g/mol. The summed E-state index contributed by atoms with van der Waals surface area (Å²) in [5.41, 5.74) is 2.23. The monoisotopic (exact) mass is 373 g/mol. The van der Waals surface area contributed by atoms with Gasteiger partial charge in [-0.1, -0.05) is 15.9 Å². The van der Waals surface area contributed by atoms with Crippen LogP contribution in [0.15, 0.2) is 16.6 Å². The summed E-state index contributed by atoms with van der Waals surface area (Å²) < 4.78 is 6.63. The molecule has 0 unspecified atom stereocenters. The molecule has 1 aromatic carbocycles. The van der Waals surface area contributed by atoms with E-state index >= 15 is 0 Å². The predicted octanol–water partition coefficient (Wildman–Crippen LogP) is 2.21. The third-order valence-corrected chi connectivity index (χ3v) is 4.59. The van der Waals surface area contributed by atoms with E-state index in [1.165, 1.54) is 24.2 Å². The molecule has 1 atom stereocenters. The Labute approximate surface area is 135 Å². The highest BCUT2D eigenvalue weighted by molar-refractivity contribution is 9.10. The van der Waals surface area contributed by atoms with Crippen LogP contribution >= 0.6 is 27.7 Å². The van der Waals surface area contributed by atoms with Crippen LogP contribution in [0.2, 0.25) is 0 Å². The average Bonchev–Trinajstić information content (AvgIpc) is 2.84. The lowest BCUT2D eigenvalue weighted by Gasteiger charge is -2.14. The first-order valence-corrected chi connectivity index (χ1v) is 8.44. The van der Waals surface area contributed by atoms with Crippen molar-refractivity contribution in [1.29, 1.82) is 0 Å². The largest absolute Gasteiger partial charge is 0.493 e. The number of ether oxygens (including phenoxy) is 1. The van der Waals surface area contributed by atoms with E-state index in [0.717, 1.165) is 22.2 Å². The molecule has 0 bridgehead atoms. The number of fused-ring (bicyclic) bond motifs is 1. The van der Waals surface area contributed by atoms with Gasteiger partial charge in [0.25, 0.3) is 0 Å². The first-order chi connectivity index (χ1) is 9.97. The summed E-state index contributed by atoms with van der Waals surface area (Å²) in [6.07, 6.45) is 0.899. The van der Waals surface area contributed by atoms with E-state index in [1.54, 1.807) is 0 Å². The summed E-state index contributed by atoms with van der Waals surface area (Å²) in [7, 11) is 0. The van der Waals surface area contributed by atoms with Crippen LogP contribution in [-0.4, -0.2) is 35.4 Å². The van der Waals surface area contributed by atoms with E-state index in [4.69, 9.17) is 9.84 Å². The lowest BCUT2D eigenvalue weighted by Crippen LogP contribution is -2.41. The molecule has 5 nitrogen and oxygen atoms in total. The van der Waals surface area contributed by atoms with Gasteiger partial charge in [-0.25, -0.2) is 4.79 Å². The number of carbonyl (C=O) groups excluding carboxylic acids is 1. The van der Waals surface area contributed by atoms with Crippen molar-refractivity contribution in [3.05, 3.63) is 27.7 Å². The number of amides is 1. The number of halogens is 1. The number of carboxylic acid groups (broad SMARTS) is 1. The van der Waals surface area contributed by atoms with Gasteiger partial charge in [-0.3, -0.25) is 4.79 Å². The predicted molar refractivity (Wildman–Crippen MR) is 84.7 cm³/mol. The lowest BCUT2D eigenvalue weighted by molar-refractivity contribution is -0.140. The molecule has 1 heterocycles. The topological polar surface area (TPSA) is 75.6 Å². The van der Waals surface area contributed by atoms with Gasteiger partial charge in [-0.05, 0) is 17.7 Å². The Morgan fingerprint density at radius 2 is 2.29 bits per heavy atom. The Bertz CT molecular complexity index is 564. The molecule has 0 fully saturated rings. The molecule has 1 aliphatic rings. The molecule has 7 heteroatoms. The quantitative estimate of drug-likeness (QED) is 0.799. The van der Waals surface area contributed by atoms with Crippen molar-refractivity contribution in [2.75, 3.05) is 12.4 Å². The minimum Gasteiger partial charge on any atom is -0.493 e. The smallest absolute Gasteiger partial charge is 0.327 e. The Balaban J connectivity index is 1.97. The van der Waals surface area contributed by atoms with Gasteiger partial charge in [0.1, 0.15) is 11.8 Å². The third kappa shape index (κ3) is 4.38. The number of carbonyl (C=O) groups is 2. The summed E-state index contributed by atoms with van der Waals surface area (Å²) >= 11 is 4.94. The molecule has 0 radical (unpaired) electrons. The standard InChI is InChI=1S/C14H16BrNO4S/c1-8(17)16-12(14(18)19)7-21-6-10-5-11(15)4-9-2-3-20-13(9)10/h4-5,12H,2-3,6-7H2,1H3,(H,16,17)(H,18,19)/t12-/m0/s1. The minimum absolute atomic E-state index is 0.316. The second-order valence-electron chi connectivity index (χ2n) is 4.76. The second-order valence-corrected chi connectivity index (χ2v) is 6.70. The van der Waals surface area contributed by atoms with Gasteiger partial charge in [0, 0.05) is 34.9 Å². The van der Waals surface area contributed by atoms with Gasteiger partial charge in [0.2, 0.25) is 5.91 Å². The van der Waals surface area contributed by atoms with E-state index < -0.39 is 12.0 Å². The molecular weight excluding hydrogens is 358 g/mol. The van der Waals surface area contributed by atoms with Gasteiger partial charge in [0.05, 0.1) is 6.61 Å². The molecule has 2 rings (SSSR count). The van der Waals surface area contributed by atoms with Crippen molar-refractivity contribution < 1.29 is 19.4 Å². The van der Waals surface area contributed by atoms with E-state index in [9.17, 15) is 9.59 Å². The number of carboxylic acids is 1. The number of rotatable bonds is 6. The van der Waals surface area contributed by atoms with Crippen LogP contribution in [0.4, 0.5) is 0 Å². The number of nitrogens with one attached hydrogen (secondary N) is 1. The Hall–Kier alpha value is -1.21. The van der Waals surface area contributed by atoms with Crippen molar-refractivity contribution in [3.63, 3.8) is 0 Å². The first-order valence-electron chi connectivity index (χ1n) is 6.49. The highest BCUT2D eigenvalue weighted by Gasteiger charge is 2.20. The number of hydrogen-bond donors (Lipinski definition) is 2. The van der Waals surface area contributed by atoms with Crippen molar-refractivity contribution in [3.8, 4) is 5.75 Å². The van der Waals surface area contributed by atoms with E-state index in [-0.39, 0.29) is 5.91 Å². The zero-order valence-corrected chi connectivity index (χ0v) is 13.9. The number of thioether (sulfide) groups is 1. The van der Waals surface area contributed by atoms with Crippen molar-refractivity contribution in [1.82, 2.24) is 5.32 Å². The SMILES string of the molecule is CC(=O)N[C@@H](CSCc1cc(Br)cc2c1OCC2)C(=O)O. The Kier molecular flexibility index (Phi) is 5.52. The third-order valence-electron chi connectivity index (χ3n) is 3.04. The molecule has 0 aliphatic carbocycles. The molecule has 0 saturated carbocycles. The summed E-state index contributed by atoms with van der Waals surface area (Å²) in [5.74, 6) is 0.515. The van der Waals surface area contributed by atoms with Crippen LogP contribution in [0.5, 0.6) is 5.75 Å². The van der Waals surface area contributed by atoms with Crippen LogP contribution in [0.25, 0.3) is 0 Å². The molecule has 21 heavy (non-hydrogen) atoms. The number of hydrogen-bond acceptors (Lipinski definition) is 4. The van der Waals surface area contributed by atoms with Crippen LogP contribution in [0.3, 0.4) is 0 Å². The Morgan fingerprint density at radius 1 is 1.52 bits per heavy atom. The van der Waals surface area contributed by atoms with Gasteiger partial charge >= 0.3 is 5.97 Å². The molecule has 114 valence electrons. The molecule has 0 aromatic heterocycles. The molecule has 0 spiro atoms. The molecule has 1 amide bonds. The first kappa shape index (κ1) is 16.2. The summed E-state index contributed by atoms with van der Waals surface area (Å²) in [4.78, 5) is 22.0. The zero-order valence-electron chi connectivity index (χ0n) is 11.5. The molecule has 1 aliphatic heterocycles. The normalized spacial score (nSPS) is 14.2. The maximum absolute atomic E-state index is 11.1. The fraction of sp³-hybridized carbons (Fsp3) is 0.429. The highest BCUT2D eigenvalue weighted by atomic mass is 79.9. The zero-order chi connectivity index (χ0) is 15.4. The Morgan fingerprint density at radius 3 is 2.95 bits per heavy atom. The fourth-order valence-corrected chi connectivity index (χ4v) is 3.73. The highest BCUT2D eigenvalue weighted by Crippen LogP contribution is 2.35. The van der Waals surface area contributed by atoms with Gasteiger partial charge in [-0.15, -0.1) is 0 Å². The van der Waals surface area contributed by atoms with Crippen molar-refractivity contribution in [2.45, 2.75) is 25.1 Å². The second kappa shape index (κ2) is 7.17. The maximum Gasteiger partial charge on any atom is 0.327 e. The van der Waals surface area contributed by atoms with E-state index in [1.807, 2.05) is 12.1 Å². The van der Waals surface area contributed by atoms with Crippen LogP contribution < -0.4 is 10.1 Å². The molecular formula is C14H16BrNO4S. The molecule has 0 saturated heterocycles. The number of benzene rings is 1. The lowest BCUT2D eigenvalue weighted by atomic mass is 10.1. The number of aliphatic carboxylic acids is 1. The van der Waals surface area contributed by atoms with Crippen molar-refractivity contribution in [2.24, 2.45) is 0 Å². The minimum atomic E-state index is -1.02. The fourth-order valence-electron chi connectivity index (χ4n) is 2.16. The maximum atomic E-state index is 11.1. The van der Waals surface area contributed by atoms with E-state index in [2.05, 4.69) is 21.2 Å². The van der Waals surface area contributed by atoms with Crippen LogP contribution in [0, 0.1) is 0 Å². The van der Waals surface area contributed by atoms with Gasteiger partial charge in [-0.2, -0.15) is 11.8 Å². The van der Waals surface area contributed by atoms with Crippen molar-refractivity contribution >= 4 is 39.6 Å². The van der Waals surface area contributed by atoms with Crippen LogP contribution in [-0.2, 0) is 21.8 Å². The summed E-state index contributed by atoms with van der Waals surface area (Å²) in [6, 6.07) is 3.17. The van der Waals surface area contributed by atoms with Gasteiger partial charge < -0.3 is 15.2 Å².